The van der Waals surface area contributed by atoms with Gasteiger partial charge in [0.25, 0.3) is 0 Å². The molecule has 6 atom stereocenters. The number of hydrogen-bond donors (Lipinski definition) is 6. The zero-order chi connectivity index (χ0) is 47.4. The molecule has 376 valence electrons. The molecule has 0 radical (unpaired) electrons. The van der Waals surface area contributed by atoms with Crippen molar-refractivity contribution >= 4 is 23.6 Å². The van der Waals surface area contributed by atoms with E-state index in [-0.39, 0.29) is 50.0 Å². The van der Waals surface area contributed by atoms with Crippen LogP contribution in [0.1, 0.15) is 252 Å². The molecule has 1 heterocycles. The molecule has 12 nitrogen and oxygen atoms in total. The van der Waals surface area contributed by atoms with Gasteiger partial charge < -0.3 is 35.4 Å². The van der Waals surface area contributed by atoms with Crippen LogP contribution < -0.4 is 11.1 Å². The average molecular weight is 910 g/mol. The molecule has 7 N–H and O–H groups in total. The van der Waals surface area contributed by atoms with Crippen LogP contribution in [0.2, 0.25) is 0 Å². The fourth-order valence-corrected chi connectivity index (χ4v) is 9.30. The Bertz CT molecular complexity index is 1200. The molecule has 0 bridgehead atoms. The van der Waals surface area contributed by atoms with Gasteiger partial charge in [-0.3, -0.25) is 24.9 Å². The van der Waals surface area contributed by atoms with Gasteiger partial charge in [0.05, 0.1) is 18.8 Å². The number of carboxylic acids is 1. The lowest BCUT2D eigenvalue weighted by atomic mass is 9.79. The van der Waals surface area contributed by atoms with Crippen LogP contribution in [0.15, 0.2) is 0 Å². The van der Waals surface area contributed by atoms with Crippen LogP contribution in [0.3, 0.4) is 0 Å². The van der Waals surface area contributed by atoms with Gasteiger partial charge in [-0.05, 0) is 38.0 Å². The molecule has 0 spiro atoms. The summed E-state index contributed by atoms with van der Waals surface area (Å²) in [5.41, 5.74) is 7.14. The van der Waals surface area contributed by atoms with Crippen molar-refractivity contribution in [3.8, 4) is 0 Å². The molecule has 0 saturated carbocycles. The largest absolute Gasteiger partial charge is 0.481 e. The summed E-state index contributed by atoms with van der Waals surface area (Å²) in [7, 11) is 0. The molecule has 1 aliphatic rings. The highest BCUT2D eigenvalue weighted by Crippen LogP contribution is 2.37. The minimum Gasteiger partial charge on any atom is -0.481 e. The van der Waals surface area contributed by atoms with Crippen molar-refractivity contribution in [3.63, 3.8) is 0 Å². The Balaban J connectivity index is 3.07. The lowest BCUT2D eigenvalue weighted by Gasteiger charge is -2.53. The van der Waals surface area contributed by atoms with E-state index in [1.54, 1.807) is 0 Å². The Morgan fingerprint density at radius 3 is 1.39 bits per heavy atom. The number of aliphatic carboxylic acids is 1. The van der Waals surface area contributed by atoms with Gasteiger partial charge in [0, 0.05) is 25.8 Å². The van der Waals surface area contributed by atoms with Crippen molar-refractivity contribution in [1.82, 2.24) is 10.2 Å². The van der Waals surface area contributed by atoms with Gasteiger partial charge >= 0.3 is 5.97 Å². The number of hydrogen-bond acceptors (Lipinski definition) is 9. The van der Waals surface area contributed by atoms with Crippen LogP contribution >= 0.6 is 0 Å². The number of amides is 2. The Hall–Kier alpha value is -2.12. The highest BCUT2D eigenvalue weighted by atomic mass is 16.6. The van der Waals surface area contributed by atoms with Gasteiger partial charge in [0.1, 0.15) is 18.1 Å². The van der Waals surface area contributed by atoms with Crippen LogP contribution in [-0.2, 0) is 23.9 Å². The minimum absolute atomic E-state index is 0.0434. The third-order valence-corrected chi connectivity index (χ3v) is 13.2. The second-order valence-corrected chi connectivity index (χ2v) is 19.6. The van der Waals surface area contributed by atoms with E-state index >= 15 is 0 Å². The van der Waals surface area contributed by atoms with E-state index in [2.05, 4.69) is 19.2 Å². The fourth-order valence-electron chi connectivity index (χ4n) is 9.30. The van der Waals surface area contributed by atoms with Gasteiger partial charge in [-0.2, -0.15) is 0 Å². The van der Waals surface area contributed by atoms with Gasteiger partial charge in [-0.25, -0.2) is 0 Å². The Morgan fingerprint density at radius 1 is 0.594 bits per heavy atom. The molecule has 0 unspecified atom stereocenters. The number of rotatable bonds is 43. The molecule has 0 aliphatic carbocycles. The van der Waals surface area contributed by atoms with Crippen molar-refractivity contribution in [2.75, 3.05) is 13.2 Å². The summed E-state index contributed by atoms with van der Waals surface area (Å²) in [5.74, 6) is -5.98. The molecular formula is C52H99N3O9. The fraction of sp³-hybridized carbons (Fsp3) is 0.923. The van der Waals surface area contributed by atoms with Gasteiger partial charge in [0.2, 0.25) is 17.7 Å². The summed E-state index contributed by atoms with van der Waals surface area (Å²) in [6.45, 7) is 7.81. The zero-order valence-electron chi connectivity index (χ0n) is 41.5. The Morgan fingerprint density at radius 2 is 0.984 bits per heavy atom. The third kappa shape index (κ3) is 26.3. The predicted octanol–water partition coefficient (Wildman–Crippen LogP) is 10.6. The van der Waals surface area contributed by atoms with Crippen molar-refractivity contribution in [2.24, 2.45) is 17.6 Å². The lowest BCUT2D eigenvalue weighted by Crippen LogP contribution is -2.76. The standard InChI is InChI=1S/C52H99N3O9/c1-5-7-9-11-13-15-17-19-20-21-22-24-26-28-33-37-46(58)55(39-35-31-27-25-23-18-16-14-12-10-8-6-2)52(53)48(51(63)50(62)44(41-56)64-52)49(61)43(40-42(3)4)54-45(57)36-32-29-30-34-38-47(59)60/h42-44,48,50-51,56,62-63H,5-41,53H2,1-4H3,(H,54,57)(H,59,60)/t43-,44+,48+,50+,51+,52-/m0/s1. The van der Waals surface area contributed by atoms with Crippen LogP contribution in [0, 0.1) is 11.8 Å². The molecule has 1 rings (SSSR count). The average Bonchev–Trinajstić information content (AvgIpc) is 3.25. The summed E-state index contributed by atoms with van der Waals surface area (Å²) >= 11 is 0. The molecular weight excluding hydrogens is 811 g/mol. The first-order chi connectivity index (χ1) is 30.8. The number of ether oxygens (including phenoxy) is 1. The highest BCUT2D eigenvalue weighted by molar-refractivity contribution is 5.92. The number of nitrogens with two attached hydrogens (primary N) is 1. The maximum absolute atomic E-state index is 14.7. The van der Waals surface area contributed by atoms with Gasteiger partial charge in [0.15, 0.2) is 5.78 Å². The van der Waals surface area contributed by atoms with Crippen LogP contribution in [-0.4, -0.2) is 92.2 Å². The predicted molar refractivity (Wildman–Crippen MR) is 258 cm³/mol. The van der Waals surface area contributed by atoms with E-state index in [0.29, 0.717) is 38.5 Å². The maximum Gasteiger partial charge on any atom is 0.303 e. The first-order valence-corrected chi connectivity index (χ1v) is 26.6. The maximum atomic E-state index is 14.7. The number of carbonyl (C=O) groups excluding carboxylic acids is 3. The molecule has 0 aromatic heterocycles. The highest BCUT2D eigenvalue weighted by Gasteiger charge is 2.59. The SMILES string of the molecule is CCCCCCCCCCCCCCCCCC(=O)N(CCCCCCCCCCCCCC)[C@]1(N)O[C@H](CO)[C@@H](O)[C@H](O)[C@H]1C(=O)[C@H](CC(C)C)NC(=O)CCCCCCC(=O)O. The molecule has 64 heavy (non-hydrogen) atoms. The number of nitrogens with zero attached hydrogens (tertiary/aromatic N) is 1. The summed E-state index contributed by atoms with van der Waals surface area (Å²) in [6, 6.07) is -1.08. The number of aliphatic hydroxyl groups is 3. The van der Waals surface area contributed by atoms with E-state index in [9.17, 15) is 34.5 Å². The van der Waals surface area contributed by atoms with E-state index in [1.165, 1.54) is 120 Å². The first-order valence-electron chi connectivity index (χ1n) is 26.6. The number of carbonyl (C=O) groups is 4. The monoisotopic (exact) mass is 910 g/mol. The molecule has 1 fully saturated rings. The zero-order valence-corrected chi connectivity index (χ0v) is 41.5. The molecule has 0 aromatic rings. The van der Waals surface area contributed by atoms with Crippen LogP contribution in [0.25, 0.3) is 0 Å². The number of Topliss-reactive ketones (excluding diaryl/α,β-unsaturated/α-hetero) is 1. The summed E-state index contributed by atoms with van der Waals surface area (Å²) in [6.07, 6.45) is 29.8. The molecule has 1 saturated heterocycles. The van der Waals surface area contributed by atoms with Crippen molar-refractivity contribution < 1.29 is 44.3 Å². The lowest BCUT2D eigenvalue weighted by molar-refractivity contribution is -0.292. The van der Waals surface area contributed by atoms with E-state index in [1.807, 2.05) is 13.8 Å². The quantitative estimate of drug-likeness (QED) is 0.0253. The van der Waals surface area contributed by atoms with Crippen molar-refractivity contribution in [3.05, 3.63) is 0 Å². The van der Waals surface area contributed by atoms with Crippen LogP contribution in [0.5, 0.6) is 0 Å². The number of carboxylic acid groups (broad SMARTS) is 1. The molecule has 2 amide bonds. The van der Waals surface area contributed by atoms with E-state index in [4.69, 9.17) is 15.6 Å². The smallest absolute Gasteiger partial charge is 0.303 e. The summed E-state index contributed by atoms with van der Waals surface area (Å²) < 4.78 is 6.24. The third-order valence-electron chi connectivity index (χ3n) is 13.2. The second-order valence-electron chi connectivity index (χ2n) is 19.6. The van der Waals surface area contributed by atoms with E-state index in [0.717, 1.165) is 44.9 Å². The van der Waals surface area contributed by atoms with Crippen LogP contribution in [0.4, 0.5) is 0 Å². The van der Waals surface area contributed by atoms with Gasteiger partial charge in [-0.1, -0.05) is 201 Å². The Kier molecular flexibility index (Phi) is 35.5. The van der Waals surface area contributed by atoms with Gasteiger partial charge in [-0.15, -0.1) is 0 Å². The first kappa shape index (κ1) is 59.9. The number of unbranched alkanes of at least 4 members (excludes halogenated alkanes) is 28. The summed E-state index contributed by atoms with van der Waals surface area (Å²) in [5, 5.41) is 44.9. The number of aliphatic hydroxyl groups excluding tert-OH is 3. The molecule has 12 heteroatoms. The Labute approximate surface area is 390 Å². The molecule has 1 aliphatic heterocycles. The molecule has 0 aromatic carbocycles. The van der Waals surface area contributed by atoms with Crippen molar-refractivity contribution in [2.45, 2.75) is 283 Å². The minimum atomic E-state index is -2.18. The number of nitrogens with one attached hydrogen (secondary N) is 1. The number of ketones is 1. The second kappa shape index (κ2) is 37.9. The normalized spacial score (nSPS) is 20.4. The summed E-state index contributed by atoms with van der Waals surface area (Å²) in [4.78, 5) is 54.6. The van der Waals surface area contributed by atoms with E-state index < -0.39 is 54.5 Å². The topological polar surface area (TPSA) is 200 Å². The van der Waals surface area contributed by atoms with Crippen molar-refractivity contribution in [1.29, 1.82) is 0 Å².